The maximum absolute atomic E-state index is 4.15. The van der Waals surface area contributed by atoms with E-state index in [2.05, 4.69) is 97.0 Å². The zero-order chi connectivity index (χ0) is 16.8. The second-order valence-electron chi connectivity index (χ2n) is 7.94. The Morgan fingerprint density at radius 2 is 1.31 bits per heavy atom. The van der Waals surface area contributed by atoms with E-state index in [1.807, 2.05) is 0 Å². The fourth-order valence-corrected chi connectivity index (χ4v) is 23.7. The summed E-state index contributed by atoms with van der Waals surface area (Å²) in [5.41, 5.74) is 5.91. The predicted molar refractivity (Wildman–Crippen MR) is 120 cm³/mol. The molecule has 0 amide bonds. The van der Waals surface area contributed by atoms with Crippen LogP contribution in [0.2, 0.25) is 8.76 Å². The first-order valence-electron chi connectivity index (χ1n) is 8.74. The molecular formula is C22H26Cl2SiZr. The Labute approximate surface area is 171 Å². The molecule has 0 radical (unpaired) electrons. The minimum atomic E-state index is -3.24. The first-order valence-corrected chi connectivity index (χ1v) is 21.7. The molecule has 0 saturated carbocycles. The molecule has 2 aliphatic rings. The summed E-state index contributed by atoms with van der Waals surface area (Å²) in [5, 5.41) is 0. The van der Waals surface area contributed by atoms with Crippen molar-refractivity contribution in [3.05, 3.63) is 95.6 Å². The van der Waals surface area contributed by atoms with Gasteiger partial charge in [-0.25, -0.2) is 0 Å². The van der Waals surface area contributed by atoms with E-state index in [4.69, 9.17) is 0 Å². The van der Waals surface area contributed by atoms with E-state index in [0.717, 1.165) is 0 Å². The van der Waals surface area contributed by atoms with Crippen LogP contribution in [-0.2, 0) is 17.4 Å². The quantitative estimate of drug-likeness (QED) is 0.358. The molecular weight excluding hydrogens is 454 g/mol. The Morgan fingerprint density at radius 1 is 0.885 bits per heavy atom. The minimum absolute atomic E-state index is 0. The van der Waals surface area contributed by atoms with Crippen LogP contribution < -0.4 is 0 Å². The second-order valence-corrected chi connectivity index (χ2v) is 36.4. The van der Waals surface area contributed by atoms with E-state index in [1.165, 1.54) is 15.3 Å². The van der Waals surface area contributed by atoms with Crippen molar-refractivity contribution in [1.82, 2.24) is 0 Å². The molecule has 2 aliphatic carbocycles. The minimum Gasteiger partial charge on any atom is -0.147 e. The average Bonchev–Trinajstić information content (AvgIpc) is 3.20. The summed E-state index contributed by atoms with van der Waals surface area (Å²) >= 11 is -3.24. The summed E-state index contributed by atoms with van der Waals surface area (Å²) in [4.78, 5) is 0. The molecule has 0 N–H and O–H groups in total. The molecule has 26 heavy (non-hydrogen) atoms. The number of fused-ring (bicyclic) bond motifs is 2. The van der Waals surface area contributed by atoms with Crippen molar-refractivity contribution in [2.45, 2.75) is 16.0 Å². The molecule has 2 atom stereocenters. The van der Waals surface area contributed by atoms with Crippen molar-refractivity contribution in [3.8, 4) is 0 Å². The summed E-state index contributed by atoms with van der Waals surface area (Å²) in [7, 11) is 0. The van der Waals surface area contributed by atoms with E-state index in [1.54, 1.807) is 11.1 Å². The summed E-state index contributed by atoms with van der Waals surface area (Å²) in [5.74, 6) is 0. The zero-order valence-corrected chi connectivity index (χ0v) is 20.6. The van der Waals surface area contributed by atoms with Gasteiger partial charge in [-0.1, -0.05) is 0 Å². The summed E-state index contributed by atoms with van der Waals surface area (Å²) in [6.45, 7) is 6.53. The molecule has 2 aromatic rings. The average molecular weight is 481 g/mol. The maximum atomic E-state index is 4.15. The van der Waals surface area contributed by atoms with E-state index < -0.39 is 17.4 Å². The first kappa shape index (κ1) is 21.6. The van der Waals surface area contributed by atoms with Gasteiger partial charge in [0, 0.05) is 0 Å². The molecule has 2 aromatic carbocycles. The topological polar surface area (TPSA) is 0 Å². The third-order valence-corrected chi connectivity index (χ3v) is 28.3. The number of benzene rings is 2. The van der Waals surface area contributed by atoms with Gasteiger partial charge in [-0.3, -0.25) is 0 Å². The largest absolute Gasteiger partial charge is 0.147 e. The Bertz CT molecular complexity index is 893. The van der Waals surface area contributed by atoms with Gasteiger partial charge < -0.3 is 0 Å². The van der Waals surface area contributed by atoms with Gasteiger partial charge in [-0.05, 0) is 0 Å². The molecule has 4 rings (SSSR count). The summed E-state index contributed by atoms with van der Waals surface area (Å²) in [6.07, 6.45) is 11.9. The van der Waals surface area contributed by atoms with E-state index in [0.29, 0.717) is 7.25 Å². The first-order chi connectivity index (χ1) is 11.5. The monoisotopic (exact) mass is 478 g/mol. The van der Waals surface area contributed by atoms with Crippen LogP contribution in [0.3, 0.4) is 0 Å². The van der Waals surface area contributed by atoms with E-state index in [-0.39, 0.29) is 24.8 Å². The normalized spacial score (nSPS) is 19.9. The molecule has 0 bridgehead atoms. The zero-order valence-electron chi connectivity index (χ0n) is 15.1. The van der Waals surface area contributed by atoms with Crippen LogP contribution in [0, 0.1) is 0 Å². The van der Waals surface area contributed by atoms with Crippen LogP contribution in [0.15, 0.2) is 73.3 Å². The Hall–Kier alpha value is -0.660. The molecule has 2 unspecified atom stereocenters. The Balaban J connectivity index is 0.00000121. The Morgan fingerprint density at radius 3 is 1.73 bits per heavy atom. The van der Waals surface area contributed by atoms with Gasteiger partial charge >= 0.3 is 148 Å². The van der Waals surface area contributed by atoms with Crippen molar-refractivity contribution >= 4 is 43.8 Å². The van der Waals surface area contributed by atoms with E-state index in [9.17, 15) is 0 Å². The maximum Gasteiger partial charge on any atom is -0.147 e. The molecule has 136 valence electrons. The fourth-order valence-electron chi connectivity index (χ4n) is 4.87. The number of hydrogen-bond donors (Lipinski definition) is 0. The number of hydrogen-bond acceptors (Lipinski definition) is 0. The number of allylic oxidation sites excluding steroid dienone is 3. The molecule has 4 heteroatoms. The fraction of sp³-hybridized carbons (Fsp3) is 0.182. The third kappa shape index (κ3) is 3.20. The van der Waals surface area contributed by atoms with Gasteiger partial charge in [0.1, 0.15) is 0 Å². The molecule has 0 aliphatic heterocycles. The molecule has 0 saturated heterocycles. The number of halogens is 2. The molecule has 0 heterocycles. The smallest absolute Gasteiger partial charge is 0.147 e. The van der Waals surface area contributed by atoms with Gasteiger partial charge in [-0.2, -0.15) is 0 Å². The third-order valence-electron chi connectivity index (χ3n) is 6.19. The van der Waals surface area contributed by atoms with E-state index >= 15 is 0 Å². The standard InChI is InChI=1S/2C9H7.C3H5.CH3.2ClH.H2Si.Zr/c2*1-2-5-9-7-3-6-8(9)4-1;1-3-2;;;;;/h2*1-7H;3H,1-2H2;1H3;2*1H;1H2;. The predicted octanol–water partition coefficient (Wildman–Crippen LogP) is 6.26. The van der Waals surface area contributed by atoms with Gasteiger partial charge in [0.25, 0.3) is 0 Å². The van der Waals surface area contributed by atoms with Crippen molar-refractivity contribution in [2.24, 2.45) is 0 Å². The van der Waals surface area contributed by atoms with Crippen molar-refractivity contribution in [1.29, 1.82) is 0 Å². The number of rotatable bonds is 4. The summed E-state index contributed by atoms with van der Waals surface area (Å²) in [6, 6.07) is 17.9. The van der Waals surface area contributed by atoms with Crippen LogP contribution in [0.5, 0.6) is 0 Å². The second kappa shape index (κ2) is 7.76. The van der Waals surface area contributed by atoms with Crippen LogP contribution >= 0.6 is 24.8 Å². The molecule has 0 fully saturated rings. The van der Waals surface area contributed by atoms with Gasteiger partial charge in [0.2, 0.25) is 0 Å². The molecule has 0 spiro atoms. The van der Waals surface area contributed by atoms with Crippen LogP contribution in [0.4, 0.5) is 0 Å². The van der Waals surface area contributed by atoms with Crippen LogP contribution in [0.25, 0.3) is 12.2 Å². The van der Waals surface area contributed by atoms with Gasteiger partial charge in [0.05, 0.1) is 0 Å². The summed E-state index contributed by atoms with van der Waals surface area (Å²) < 4.78 is 5.04. The van der Waals surface area contributed by atoms with Gasteiger partial charge in [0.15, 0.2) is 0 Å². The molecule has 0 nitrogen and oxygen atoms in total. The van der Waals surface area contributed by atoms with Crippen molar-refractivity contribution < 1.29 is 17.4 Å². The molecule has 0 aromatic heterocycles. The Kier molecular flexibility index (Phi) is 6.46. The van der Waals surface area contributed by atoms with Crippen molar-refractivity contribution in [3.63, 3.8) is 0 Å². The van der Waals surface area contributed by atoms with Crippen LogP contribution in [0.1, 0.15) is 29.5 Å². The SMILES string of the molecule is C=C[CH2][Zr]([CH3])(=[SiH2])([CH]1C=Cc2ccccc21)[CH]1C=Cc2ccccc21.Cl.Cl. The van der Waals surface area contributed by atoms with Crippen LogP contribution in [-0.4, -0.2) is 6.88 Å². The van der Waals surface area contributed by atoms with Crippen molar-refractivity contribution in [2.75, 3.05) is 0 Å². The van der Waals surface area contributed by atoms with Gasteiger partial charge in [-0.15, -0.1) is 24.8 Å².